The zero-order valence-corrected chi connectivity index (χ0v) is 17.2. The molecular weight excluding hydrogens is 390 g/mol. The summed E-state index contributed by atoms with van der Waals surface area (Å²) in [6.45, 7) is 6.22. The second kappa shape index (κ2) is 8.59. The first-order chi connectivity index (χ1) is 14.4. The molecular formula is C21H28F2N6O. The molecule has 2 aliphatic rings. The number of ether oxygens (including phenoxy) is 1. The molecule has 0 radical (unpaired) electrons. The van der Waals surface area contributed by atoms with Gasteiger partial charge in [-0.1, -0.05) is 6.58 Å². The monoisotopic (exact) mass is 418 g/mol. The summed E-state index contributed by atoms with van der Waals surface area (Å²) < 4.78 is 31.9. The van der Waals surface area contributed by atoms with Gasteiger partial charge >= 0.3 is 6.61 Å². The minimum absolute atomic E-state index is 0.0654. The standard InChI is InChI=1S/C21H28F2N6O/c1-14(28-9-7-27(2)8-10-28)5-6-29-13-17(26-20(29)15-3-4-15)16-11-18(30-21(22)23)19(24)25-12-16/h11-13,15,21H,1,3-10H2,2H3,(H2,24,25). The molecule has 30 heavy (non-hydrogen) atoms. The van der Waals surface area contributed by atoms with E-state index in [9.17, 15) is 8.78 Å². The van der Waals surface area contributed by atoms with Crippen LogP contribution in [0.25, 0.3) is 11.3 Å². The van der Waals surface area contributed by atoms with Gasteiger partial charge in [0, 0.05) is 68.7 Å². The molecule has 162 valence electrons. The van der Waals surface area contributed by atoms with Crippen molar-refractivity contribution in [3.05, 3.63) is 36.6 Å². The summed E-state index contributed by atoms with van der Waals surface area (Å²) in [6, 6.07) is 1.47. The first-order valence-corrected chi connectivity index (χ1v) is 10.3. The minimum Gasteiger partial charge on any atom is -0.431 e. The van der Waals surface area contributed by atoms with Crippen LogP contribution < -0.4 is 10.5 Å². The van der Waals surface area contributed by atoms with E-state index >= 15 is 0 Å². The van der Waals surface area contributed by atoms with Crippen LogP contribution in [0.3, 0.4) is 0 Å². The van der Waals surface area contributed by atoms with Crippen molar-refractivity contribution in [3.8, 4) is 17.0 Å². The molecule has 2 N–H and O–H groups in total. The fraction of sp³-hybridized carbons (Fsp3) is 0.524. The van der Waals surface area contributed by atoms with Gasteiger partial charge in [0.1, 0.15) is 5.82 Å². The molecule has 2 aromatic heterocycles. The van der Waals surface area contributed by atoms with E-state index in [1.54, 1.807) is 6.20 Å². The van der Waals surface area contributed by atoms with Crippen LogP contribution in [0.15, 0.2) is 30.7 Å². The number of rotatable bonds is 8. The quantitative estimate of drug-likeness (QED) is 0.710. The average molecular weight is 418 g/mol. The first-order valence-electron chi connectivity index (χ1n) is 10.3. The maximum atomic E-state index is 12.6. The van der Waals surface area contributed by atoms with Crippen LogP contribution in [0, 0.1) is 0 Å². The van der Waals surface area contributed by atoms with Crippen molar-refractivity contribution in [2.24, 2.45) is 0 Å². The summed E-state index contributed by atoms with van der Waals surface area (Å²) >= 11 is 0. The number of imidazole rings is 1. The maximum Gasteiger partial charge on any atom is 0.387 e. The van der Waals surface area contributed by atoms with Gasteiger partial charge < -0.3 is 24.8 Å². The smallest absolute Gasteiger partial charge is 0.387 e. The molecule has 0 unspecified atom stereocenters. The highest BCUT2D eigenvalue weighted by Crippen LogP contribution is 2.41. The fourth-order valence-corrected chi connectivity index (χ4v) is 3.73. The topological polar surface area (TPSA) is 72.4 Å². The number of likely N-dealkylation sites (N-methyl/N-ethyl adjacent to an activating group) is 1. The van der Waals surface area contributed by atoms with Gasteiger partial charge in [0.2, 0.25) is 0 Å². The predicted molar refractivity (Wildman–Crippen MR) is 111 cm³/mol. The third kappa shape index (κ3) is 4.72. The van der Waals surface area contributed by atoms with Crippen LogP contribution in [0.4, 0.5) is 14.6 Å². The van der Waals surface area contributed by atoms with Crippen molar-refractivity contribution >= 4 is 5.82 Å². The Labute approximate surface area is 175 Å². The van der Waals surface area contributed by atoms with Gasteiger partial charge in [-0.3, -0.25) is 0 Å². The van der Waals surface area contributed by atoms with E-state index in [0.29, 0.717) is 17.2 Å². The second-order valence-corrected chi connectivity index (χ2v) is 8.04. The number of hydrogen-bond acceptors (Lipinski definition) is 6. The zero-order valence-electron chi connectivity index (χ0n) is 17.2. The molecule has 0 atom stereocenters. The number of piperazine rings is 1. The van der Waals surface area contributed by atoms with Crippen LogP contribution in [0.2, 0.25) is 0 Å². The number of nitrogens with two attached hydrogens (primary N) is 1. The van der Waals surface area contributed by atoms with E-state index in [4.69, 9.17) is 10.7 Å². The Morgan fingerprint density at radius 1 is 1.30 bits per heavy atom. The molecule has 0 aromatic carbocycles. The number of hydrogen-bond donors (Lipinski definition) is 1. The Hall–Kier alpha value is -2.68. The summed E-state index contributed by atoms with van der Waals surface area (Å²) in [5, 5.41) is 0. The van der Waals surface area contributed by atoms with Crippen molar-refractivity contribution in [3.63, 3.8) is 0 Å². The molecule has 1 saturated carbocycles. The van der Waals surface area contributed by atoms with E-state index in [0.717, 1.165) is 63.5 Å². The number of alkyl halides is 2. The van der Waals surface area contributed by atoms with E-state index in [1.807, 2.05) is 6.20 Å². The molecule has 1 aliphatic carbocycles. The van der Waals surface area contributed by atoms with Crippen LogP contribution in [0.1, 0.15) is 31.0 Å². The fourth-order valence-electron chi connectivity index (χ4n) is 3.73. The van der Waals surface area contributed by atoms with Crippen molar-refractivity contribution in [1.82, 2.24) is 24.3 Å². The van der Waals surface area contributed by atoms with Gasteiger partial charge in [0.05, 0.1) is 5.69 Å². The van der Waals surface area contributed by atoms with Gasteiger partial charge in [-0.05, 0) is 26.0 Å². The molecule has 2 aromatic rings. The normalized spacial score (nSPS) is 17.5. The Bertz CT molecular complexity index is 903. The Balaban J connectivity index is 1.49. The van der Waals surface area contributed by atoms with E-state index < -0.39 is 6.61 Å². The maximum absolute atomic E-state index is 12.6. The van der Waals surface area contributed by atoms with Crippen LogP contribution >= 0.6 is 0 Å². The second-order valence-electron chi connectivity index (χ2n) is 8.04. The van der Waals surface area contributed by atoms with E-state index in [1.165, 1.54) is 6.07 Å². The highest BCUT2D eigenvalue weighted by molar-refractivity contribution is 5.63. The molecule has 0 bridgehead atoms. The largest absolute Gasteiger partial charge is 0.431 e. The summed E-state index contributed by atoms with van der Waals surface area (Å²) in [7, 11) is 2.14. The number of anilines is 1. The third-order valence-electron chi connectivity index (χ3n) is 5.74. The number of halogens is 2. The molecule has 4 rings (SSSR count). The number of pyridine rings is 1. The SMILES string of the molecule is C=C(CCn1cc(-c2cnc(N)c(OC(F)F)c2)nc1C1CC1)N1CCN(C)CC1. The van der Waals surface area contributed by atoms with Crippen molar-refractivity contribution in [2.75, 3.05) is 39.0 Å². The summed E-state index contributed by atoms with van der Waals surface area (Å²) in [5.74, 6) is 1.29. The van der Waals surface area contributed by atoms with Gasteiger partial charge in [-0.25, -0.2) is 9.97 Å². The van der Waals surface area contributed by atoms with Gasteiger partial charge in [0.25, 0.3) is 0 Å². The highest BCUT2D eigenvalue weighted by Gasteiger charge is 2.29. The predicted octanol–water partition coefficient (Wildman–Crippen LogP) is 3.16. The lowest BCUT2D eigenvalue weighted by Gasteiger charge is -2.35. The van der Waals surface area contributed by atoms with Crippen LogP contribution in [-0.2, 0) is 6.54 Å². The molecule has 9 heteroatoms. The first kappa shape index (κ1) is 20.6. The lowest BCUT2D eigenvalue weighted by atomic mass is 10.2. The minimum atomic E-state index is -2.95. The third-order valence-corrected chi connectivity index (χ3v) is 5.74. The highest BCUT2D eigenvalue weighted by atomic mass is 19.3. The Morgan fingerprint density at radius 3 is 2.70 bits per heavy atom. The molecule has 3 heterocycles. The lowest BCUT2D eigenvalue weighted by Crippen LogP contribution is -2.43. The average Bonchev–Trinajstić information content (AvgIpc) is 3.47. The summed E-state index contributed by atoms with van der Waals surface area (Å²) in [4.78, 5) is 13.5. The number of nitrogens with zero attached hydrogens (tertiary/aromatic N) is 5. The molecule has 0 amide bonds. The molecule has 0 spiro atoms. The Morgan fingerprint density at radius 2 is 2.03 bits per heavy atom. The number of aryl methyl sites for hydroxylation is 1. The van der Waals surface area contributed by atoms with Crippen molar-refractivity contribution in [1.29, 1.82) is 0 Å². The van der Waals surface area contributed by atoms with Crippen molar-refractivity contribution < 1.29 is 13.5 Å². The van der Waals surface area contributed by atoms with E-state index in [-0.39, 0.29) is 11.6 Å². The number of allylic oxidation sites excluding steroid dienone is 1. The van der Waals surface area contributed by atoms with Crippen molar-refractivity contribution in [2.45, 2.75) is 38.3 Å². The van der Waals surface area contributed by atoms with Gasteiger partial charge in [-0.2, -0.15) is 8.78 Å². The van der Waals surface area contributed by atoms with E-state index in [2.05, 4.69) is 37.7 Å². The van der Waals surface area contributed by atoms with Crippen LogP contribution in [0.5, 0.6) is 5.75 Å². The molecule has 2 fully saturated rings. The lowest BCUT2D eigenvalue weighted by molar-refractivity contribution is -0.0494. The van der Waals surface area contributed by atoms with Gasteiger partial charge in [0.15, 0.2) is 11.6 Å². The molecule has 1 aliphatic heterocycles. The molecule has 1 saturated heterocycles. The van der Waals surface area contributed by atoms with Gasteiger partial charge in [-0.15, -0.1) is 0 Å². The summed E-state index contributed by atoms with van der Waals surface area (Å²) in [5.41, 5.74) is 8.10. The summed E-state index contributed by atoms with van der Waals surface area (Å²) in [6.07, 6.45) is 6.59. The zero-order chi connectivity index (χ0) is 21.3. The Kier molecular flexibility index (Phi) is 5.90. The molecule has 7 nitrogen and oxygen atoms in total. The van der Waals surface area contributed by atoms with Crippen LogP contribution in [-0.4, -0.2) is 64.2 Å². The number of nitrogen functional groups attached to an aromatic ring is 1. The number of aromatic nitrogens is 3.